The topological polar surface area (TPSA) is 75.3 Å². The quantitative estimate of drug-likeness (QED) is 0.825. The Labute approximate surface area is 128 Å². The maximum Gasteiger partial charge on any atom is 0.246 e. The van der Waals surface area contributed by atoms with Gasteiger partial charge in [0, 0.05) is 18.4 Å². The first kappa shape index (κ1) is 15.9. The summed E-state index contributed by atoms with van der Waals surface area (Å²) in [5.41, 5.74) is 0.569. The number of rotatable bonds is 3. The fourth-order valence-electron chi connectivity index (χ4n) is 2.56. The standard InChI is InChI=1S/C12H20BrN3O3S/c1-8-11(9(2)15-14-8)20(17,18)16-6-10(5-13)19-12(3,4)7-16/h10H,5-7H2,1-4H3,(H,14,15). The summed E-state index contributed by atoms with van der Waals surface area (Å²) in [4.78, 5) is 0.281. The van der Waals surface area contributed by atoms with E-state index in [1.165, 1.54) is 4.31 Å². The second-order valence-corrected chi connectivity index (χ2v) is 8.24. The molecule has 1 aliphatic rings. The summed E-state index contributed by atoms with van der Waals surface area (Å²) in [6.45, 7) is 7.91. The van der Waals surface area contributed by atoms with Gasteiger partial charge in [-0.15, -0.1) is 0 Å². The molecule has 0 saturated carbocycles. The third-order valence-electron chi connectivity index (χ3n) is 3.28. The Morgan fingerprint density at radius 3 is 2.65 bits per heavy atom. The van der Waals surface area contributed by atoms with Crippen LogP contribution < -0.4 is 0 Å². The Kier molecular flexibility index (Phi) is 4.30. The Morgan fingerprint density at radius 1 is 1.50 bits per heavy atom. The van der Waals surface area contributed by atoms with Crippen molar-refractivity contribution in [1.82, 2.24) is 14.5 Å². The molecule has 0 aliphatic carbocycles. The van der Waals surface area contributed by atoms with Crippen LogP contribution in [0.1, 0.15) is 25.2 Å². The van der Waals surface area contributed by atoms with E-state index in [4.69, 9.17) is 4.74 Å². The predicted octanol–water partition coefficient (Wildman–Crippen LogP) is 1.59. The highest BCUT2D eigenvalue weighted by Gasteiger charge is 2.40. The molecule has 114 valence electrons. The Balaban J connectivity index is 2.39. The summed E-state index contributed by atoms with van der Waals surface area (Å²) in [5, 5.41) is 7.32. The lowest BCUT2D eigenvalue weighted by atomic mass is 10.1. The average molecular weight is 366 g/mol. The van der Waals surface area contributed by atoms with Crippen LogP contribution in [0, 0.1) is 13.8 Å². The van der Waals surface area contributed by atoms with Crippen molar-refractivity contribution in [3.8, 4) is 0 Å². The van der Waals surface area contributed by atoms with Crippen LogP contribution in [0.4, 0.5) is 0 Å². The Hall–Kier alpha value is -0.440. The van der Waals surface area contributed by atoms with Crippen LogP contribution >= 0.6 is 15.9 Å². The third-order valence-corrected chi connectivity index (χ3v) is 6.08. The van der Waals surface area contributed by atoms with Gasteiger partial charge in [-0.3, -0.25) is 5.10 Å². The van der Waals surface area contributed by atoms with Gasteiger partial charge in [0.1, 0.15) is 4.90 Å². The van der Waals surface area contributed by atoms with Crippen molar-refractivity contribution in [3.63, 3.8) is 0 Å². The van der Waals surface area contributed by atoms with Crippen molar-refractivity contribution in [2.24, 2.45) is 0 Å². The van der Waals surface area contributed by atoms with Crippen LogP contribution in [0.3, 0.4) is 0 Å². The molecule has 1 aliphatic heterocycles. The van der Waals surface area contributed by atoms with Crippen LogP contribution in [0.2, 0.25) is 0 Å². The summed E-state index contributed by atoms with van der Waals surface area (Å²) >= 11 is 3.37. The number of aryl methyl sites for hydroxylation is 2. The van der Waals surface area contributed by atoms with Gasteiger partial charge in [-0.1, -0.05) is 15.9 Å². The molecule has 8 heteroatoms. The van der Waals surface area contributed by atoms with Crippen LogP contribution in [0.5, 0.6) is 0 Å². The molecule has 20 heavy (non-hydrogen) atoms. The molecule has 1 unspecified atom stereocenters. The zero-order chi connectivity index (χ0) is 15.1. The number of hydrogen-bond donors (Lipinski definition) is 1. The number of H-pyrrole nitrogens is 1. The molecular formula is C12H20BrN3O3S. The number of sulfonamides is 1. The van der Waals surface area contributed by atoms with E-state index >= 15 is 0 Å². The monoisotopic (exact) mass is 365 g/mol. The number of hydrogen-bond acceptors (Lipinski definition) is 4. The van der Waals surface area contributed by atoms with E-state index in [1.54, 1.807) is 13.8 Å². The lowest BCUT2D eigenvalue weighted by Gasteiger charge is -2.41. The van der Waals surface area contributed by atoms with Gasteiger partial charge in [0.2, 0.25) is 10.0 Å². The minimum atomic E-state index is -3.56. The summed E-state index contributed by atoms with van der Waals surface area (Å²) in [5.74, 6) is 0. The van der Waals surface area contributed by atoms with Crippen molar-refractivity contribution in [3.05, 3.63) is 11.4 Å². The molecule has 2 rings (SSSR count). The molecule has 0 spiro atoms. The summed E-state index contributed by atoms with van der Waals surface area (Å²) in [6.07, 6.45) is -0.152. The summed E-state index contributed by atoms with van der Waals surface area (Å²) < 4.78 is 33.0. The van der Waals surface area contributed by atoms with E-state index in [0.717, 1.165) is 0 Å². The molecule has 1 aromatic heterocycles. The fourth-order valence-corrected chi connectivity index (χ4v) is 4.85. The first-order chi connectivity index (χ1) is 9.17. The number of alkyl halides is 1. The van der Waals surface area contributed by atoms with Gasteiger partial charge in [-0.2, -0.15) is 9.40 Å². The van der Waals surface area contributed by atoms with Gasteiger partial charge in [-0.05, 0) is 27.7 Å². The lowest BCUT2D eigenvalue weighted by Crippen LogP contribution is -2.55. The van der Waals surface area contributed by atoms with E-state index in [1.807, 2.05) is 13.8 Å². The number of morpholine rings is 1. The zero-order valence-corrected chi connectivity index (χ0v) is 14.5. The molecule has 1 saturated heterocycles. The normalized spacial score (nSPS) is 23.9. The van der Waals surface area contributed by atoms with E-state index in [9.17, 15) is 8.42 Å². The highest BCUT2D eigenvalue weighted by Crippen LogP contribution is 2.29. The fraction of sp³-hybridized carbons (Fsp3) is 0.750. The van der Waals surface area contributed by atoms with Crippen LogP contribution in [-0.2, 0) is 14.8 Å². The molecule has 0 bridgehead atoms. The van der Waals surface area contributed by atoms with Gasteiger partial charge < -0.3 is 4.74 Å². The average Bonchev–Trinajstić information content (AvgIpc) is 2.67. The van der Waals surface area contributed by atoms with Crippen LogP contribution in [0.15, 0.2) is 4.90 Å². The maximum absolute atomic E-state index is 12.8. The molecular weight excluding hydrogens is 346 g/mol. The van der Waals surface area contributed by atoms with E-state index in [0.29, 0.717) is 29.8 Å². The molecule has 6 nitrogen and oxygen atoms in total. The van der Waals surface area contributed by atoms with E-state index in [2.05, 4.69) is 26.1 Å². The largest absolute Gasteiger partial charge is 0.369 e. The van der Waals surface area contributed by atoms with Gasteiger partial charge in [0.05, 0.1) is 23.1 Å². The minimum Gasteiger partial charge on any atom is -0.369 e. The van der Waals surface area contributed by atoms with Crippen molar-refractivity contribution in [2.45, 2.75) is 44.3 Å². The molecule has 1 aromatic rings. The molecule has 1 N–H and O–H groups in total. The van der Waals surface area contributed by atoms with Gasteiger partial charge in [0.25, 0.3) is 0 Å². The number of aromatic nitrogens is 2. The van der Waals surface area contributed by atoms with E-state index in [-0.39, 0.29) is 11.0 Å². The second kappa shape index (κ2) is 5.40. The number of nitrogens with zero attached hydrogens (tertiary/aromatic N) is 2. The molecule has 1 fully saturated rings. The smallest absolute Gasteiger partial charge is 0.246 e. The SMILES string of the molecule is Cc1n[nH]c(C)c1S(=O)(=O)N1CC(CBr)OC(C)(C)C1. The van der Waals surface area contributed by atoms with E-state index < -0.39 is 15.6 Å². The molecule has 0 radical (unpaired) electrons. The lowest BCUT2D eigenvalue weighted by molar-refractivity contribution is -0.106. The first-order valence-corrected chi connectivity index (χ1v) is 8.99. The van der Waals surface area contributed by atoms with Crippen LogP contribution in [0.25, 0.3) is 0 Å². The number of nitrogens with one attached hydrogen (secondary N) is 1. The molecule has 0 amide bonds. The molecule has 1 atom stereocenters. The van der Waals surface area contributed by atoms with Crippen molar-refractivity contribution < 1.29 is 13.2 Å². The summed E-state index contributed by atoms with van der Waals surface area (Å²) in [7, 11) is -3.56. The summed E-state index contributed by atoms with van der Waals surface area (Å²) in [6, 6.07) is 0. The number of aromatic amines is 1. The molecule has 2 heterocycles. The first-order valence-electron chi connectivity index (χ1n) is 6.43. The molecule has 0 aromatic carbocycles. The predicted molar refractivity (Wildman–Crippen MR) is 79.6 cm³/mol. The highest BCUT2D eigenvalue weighted by molar-refractivity contribution is 9.09. The maximum atomic E-state index is 12.8. The Bertz CT molecular complexity index is 578. The second-order valence-electron chi connectivity index (χ2n) is 5.71. The zero-order valence-electron chi connectivity index (χ0n) is 12.1. The van der Waals surface area contributed by atoms with Crippen molar-refractivity contribution in [1.29, 1.82) is 0 Å². The highest BCUT2D eigenvalue weighted by atomic mass is 79.9. The van der Waals surface area contributed by atoms with Gasteiger partial charge in [-0.25, -0.2) is 8.42 Å². The minimum absolute atomic E-state index is 0.152. The van der Waals surface area contributed by atoms with Crippen molar-refractivity contribution >= 4 is 26.0 Å². The third kappa shape index (κ3) is 2.93. The van der Waals surface area contributed by atoms with Crippen molar-refractivity contribution in [2.75, 3.05) is 18.4 Å². The number of ether oxygens (including phenoxy) is 1. The Morgan fingerprint density at radius 2 is 2.15 bits per heavy atom. The van der Waals surface area contributed by atoms with Gasteiger partial charge >= 0.3 is 0 Å². The number of halogens is 1. The van der Waals surface area contributed by atoms with Crippen LogP contribution in [-0.4, -0.2) is 53.0 Å². The van der Waals surface area contributed by atoms with Gasteiger partial charge in [0.15, 0.2) is 0 Å².